The molecule has 3 rings (SSSR count). The Morgan fingerprint density at radius 2 is 2.05 bits per heavy atom. The Hall–Kier alpha value is -2.36. The zero-order valence-electron chi connectivity index (χ0n) is 11.5. The van der Waals surface area contributed by atoms with E-state index in [0.717, 1.165) is 27.4 Å². The first-order valence-corrected chi connectivity index (χ1v) is 6.55. The molecule has 2 heterocycles. The molecule has 0 atom stereocenters. The summed E-state index contributed by atoms with van der Waals surface area (Å²) >= 11 is 0. The third-order valence-corrected chi connectivity index (χ3v) is 3.77. The van der Waals surface area contributed by atoms with Crippen LogP contribution in [0.5, 0.6) is 0 Å². The number of carbonyl (C=O) groups is 1. The highest BCUT2D eigenvalue weighted by Crippen LogP contribution is 2.32. The number of aromatic nitrogens is 2. The van der Waals surface area contributed by atoms with Crippen molar-refractivity contribution >= 4 is 27.8 Å². The smallest absolute Gasteiger partial charge is 0.304 e. The van der Waals surface area contributed by atoms with Gasteiger partial charge in [-0.1, -0.05) is 26.0 Å². The van der Waals surface area contributed by atoms with Gasteiger partial charge in [-0.25, -0.2) is 0 Å². The molecule has 20 heavy (non-hydrogen) atoms. The number of nitrogens with zero attached hydrogens (tertiary/aromatic N) is 1. The summed E-state index contributed by atoms with van der Waals surface area (Å²) in [6.45, 7) is 3.90. The van der Waals surface area contributed by atoms with Crippen LogP contribution in [0.4, 0.5) is 0 Å². The van der Waals surface area contributed by atoms with Gasteiger partial charge >= 0.3 is 5.97 Å². The van der Waals surface area contributed by atoms with Crippen molar-refractivity contribution < 1.29 is 9.90 Å². The van der Waals surface area contributed by atoms with Crippen LogP contribution in [0.2, 0.25) is 0 Å². The lowest BCUT2D eigenvalue weighted by Crippen LogP contribution is -2.21. The van der Waals surface area contributed by atoms with Gasteiger partial charge in [0.2, 0.25) is 0 Å². The van der Waals surface area contributed by atoms with Crippen molar-refractivity contribution in [2.24, 2.45) is 0 Å². The maximum atomic E-state index is 11.0. The molecule has 0 amide bonds. The Kier molecular flexibility index (Phi) is 2.74. The highest BCUT2D eigenvalue weighted by molar-refractivity contribution is 6.06. The predicted molar refractivity (Wildman–Crippen MR) is 78.9 cm³/mol. The molecular weight excluding hydrogens is 252 g/mol. The number of rotatable bonds is 3. The van der Waals surface area contributed by atoms with Crippen molar-refractivity contribution in [3.63, 3.8) is 0 Å². The second-order valence-electron chi connectivity index (χ2n) is 5.76. The molecule has 4 nitrogen and oxygen atoms in total. The van der Waals surface area contributed by atoms with Gasteiger partial charge in [-0.2, -0.15) is 0 Å². The van der Waals surface area contributed by atoms with Crippen LogP contribution in [-0.2, 0) is 10.2 Å². The maximum Gasteiger partial charge on any atom is 0.304 e. The van der Waals surface area contributed by atoms with E-state index in [1.807, 2.05) is 44.3 Å². The number of pyridine rings is 1. The van der Waals surface area contributed by atoms with Crippen LogP contribution in [0.1, 0.15) is 25.8 Å². The molecule has 0 saturated heterocycles. The molecule has 102 valence electrons. The lowest BCUT2D eigenvalue weighted by molar-refractivity contribution is -0.138. The number of carboxylic acids is 1. The monoisotopic (exact) mass is 268 g/mol. The maximum absolute atomic E-state index is 11.0. The Bertz CT molecular complexity index is 802. The molecule has 3 aromatic rings. The number of H-pyrrole nitrogens is 1. The van der Waals surface area contributed by atoms with Gasteiger partial charge in [0, 0.05) is 39.6 Å². The Labute approximate surface area is 116 Å². The number of aromatic amines is 1. The summed E-state index contributed by atoms with van der Waals surface area (Å²) in [6.07, 6.45) is 3.71. The highest BCUT2D eigenvalue weighted by atomic mass is 16.4. The predicted octanol–water partition coefficient (Wildman–Crippen LogP) is 3.47. The quantitative estimate of drug-likeness (QED) is 0.764. The number of benzene rings is 1. The lowest BCUT2D eigenvalue weighted by atomic mass is 9.81. The van der Waals surface area contributed by atoms with Gasteiger partial charge in [0.05, 0.1) is 6.42 Å². The summed E-state index contributed by atoms with van der Waals surface area (Å²) in [5.41, 5.74) is 2.69. The molecule has 0 fully saturated rings. The average Bonchev–Trinajstić information content (AvgIpc) is 2.74. The molecular formula is C16H16N2O2. The van der Waals surface area contributed by atoms with Crippen LogP contribution in [0, 0.1) is 0 Å². The molecule has 0 bridgehead atoms. The Morgan fingerprint density at radius 1 is 1.25 bits per heavy atom. The molecule has 0 unspecified atom stereocenters. The van der Waals surface area contributed by atoms with Gasteiger partial charge in [0.15, 0.2) is 0 Å². The molecule has 0 saturated carbocycles. The summed E-state index contributed by atoms with van der Waals surface area (Å²) < 4.78 is 0. The minimum Gasteiger partial charge on any atom is -0.481 e. The van der Waals surface area contributed by atoms with E-state index in [0.29, 0.717) is 0 Å². The van der Waals surface area contributed by atoms with Gasteiger partial charge in [0.25, 0.3) is 0 Å². The van der Waals surface area contributed by atoms with Crippen LogP contribution in [0.3, 0.4) is 0 Å². The second-order valence-corrected chi connectivity index (χ2v) is 5.76. The standard InChI is InChI=1S/C16H16N2O2/c1-16(2,8-15(19)20)10-3-4-11-12-9-17-6-5-13(12)18-14(11)7-10/h3-7,9,18H,8H2,1-2H3,(H,19,20). The van der Waals surface area contributed by atoms with Crippen molar-refractivity contribution in [3.05, 3.63) is 42.2 Å². The van der Waals surface area contributed by atoms with E-state index in [9.17, 15) is 4.79 Å². The minimum absolute atomic E-state index is 0.111. The molecule has 0 aliphatic carbocycles. The molecule has 4 heteroatoms. The number of fused-ring (bicyclic) bond motifs is 3. The summed E-state index contributed by atoms with van der Waals surface area (Å²) in [7, 11) is 0. The van der Waals surface area contributed by atoms with Crippen molar-refractivity contribution in [3.8, 4) is 0 Å². The van der Waals surface area contributed by atoms with E-state index >= 15 is 0 Å². The molecule has 0 aliphatic heterocycles. The first-order valence-electron chi connectivity index (χ1n) is 6.55. The van der Waals surface area contributed by atoms with Crippen molar-refractivity contribution in [1.29, 1.82) is 0 Å². The van der Waals surface area contributed by atoms with E-state index in [1.54, 1.807) is 6.20 Å². The van der Waals surface area contributed by atoms with Crippen LogP contribution < -0.4 is 0 Å². The largest absolute Gasteiger partial charge is 0.481 e. The minimum atomic E-state index is -0.782. The van der Waals surface area contributed by atoms with Gasteiger partial charge in [0.1, 0.15) is 0 Å². The number of hydrogen-bond acceptors (Lipinski definition) is 2. The molecule has 0 aliphatic rings. The fraction of sp³-hybridized carbons (Fsp3) is 0.250. The Morgan fingerprint density at radius 3 is 2.80 bits per heavy atom. The highest BCUT2D eigenvalue weighted by Gasteiger charge is 2.24. The van der Waals surface area contributed by atoms with E-state index in [-0.39, 0.29) is 6.42 Å². The average molecular weight is 268 g/mol. The van der Waals surface area contributed by atoms with Crippen LogP contribution in [-0.4, -0.2) is 21.0 Å². The number of nitrogens with one attached hydrogen (secondary N) is 1. The van der Waals surface area contributed by atoms with Crippen LogP contribution >= 0.6 is 0 Å². The lowest BCUT2D eigenvalue weighted by Gasteiger charge is -2.23. The molecule has 0 radical (unpaired) electrons. The van der Waals surface area contributed by atoms with Gasteiger partial charge in [-0.3, -0.25) is 9.78 Å². The molecule has 1 aromatic carbocycles. The van der Waals surface area contributed by atoms with Crippen molar-refractivity contribution in [2.75, 3.05) is 0 Å². The number of carboxylic acid groups (broad SMARTS) is 1. The summed E-state index contributed by atoms with van der Waals surface area (Å²) in [5, 5.41) is 11.2. The van der Waals surface area contributed by atoms with E-state index in [1.165, 1.54) is 0 Å². The summed E-state index contributed by atoms with van der Waals surface area (Å²) in [4.78, 5) is 18.5. The first-order chi connectivity index (χ1) is 9.47. The topological polar surface area (TPSA) is 66.0 Å². The normalized spacial score (nSPS) is 12.1. The van der Waals surface area contributed by atoms with E-state index in [2.05, 4.69) is 9.97 Å². The van der Waals surface area contributed by atoms with Crippen molar-refractivity contribution in [1.82, 2.24) is 9.97 Å². The third-order valence-electron chi connectivity index (χ3n) is 3.77. The van der Waals surface area contributed by atoms with E-state index < -0.39 is 11.4 Å². The number of aliphatic carboxylic acids is 1. The zero-order chi connectivity index (χ0) is 14.3. The van der Waals surface area contributed by atoms with Crippen molar-refractivity contribution in [2.45, 2.75) is 25.7 Å². The first kappa shape index (κ1) is 12.7. The Balaban J connectivity index is 2.15. The molecule has 0 spiro atoms. The number of hydrogen-bond donors (Lipinski definition) is 2. The zero-order valence-corrected chi connectivity index (χ0v) is 11.5. The van der Waals surface area contributed by atoms with E-state index in [4.69, 9.17) is 5.11 Å². The fourth-order valence-corrected chi connectivity index (χ4v) is 2.65. The molecule has 2 N–H and O–H groups in total. The van der Waals surface area contributed by atoms with Crippen LogP contribution in [0.15, 0.2) is 36.7 Å². The van der Waals surface area contributed by atoms with Crippen LogP contribution in [0.25, 0.3) is 21.8 Å². The fourth-order valence-electron chi connectivity index (χ4n) is 2.65. The molecule has 2 aromatic heterocycles. The van der Waals surface area contributed by atoms with Gasteiger partial charge in [-0.15, -0.1) is 0 Å². The van der Waals surface area contributed by atoms with Gasteiger partial charge < -0.3 is 10.1 Å². The SMILES string of the molecule is CC(C)(CC(=O)O)c1ccc2c(c1)[nH]c1ccncc12. The van der Waals surface area contributed by atoms with Gasteiger partial charge in [-0.05, 0) is 17.7 Å². The second kappa shape index (κ2) is 4.34. The summed E-state index contributed by atoms with van der Waals surface area (Å²) in [6, 6.07) is 8.02. The summed E-state index contributed by atoms with van der Waals surface area (Å²) in [5.74, 6) is -0.782. The third kappa shape index (κ3) is 2.03.